The normalized spacial score (nSPS) is 10.3. The van der Waals surface area contributed by atoms with Crippen LogP contribution in [0.4, 0.5) is 0 Å². The number of hydrogen-bond acceptors (Lipinski definition) is 3. The third kappa shape index (κ3) is 0.852. The molecule has 0 saturated heterocycles. The van der Waals surface area contributed by atoms with Crippen LogP contribution in [-0.2, 0) is 0 Å². The van der Waals surface area contributed by atoms with Crippen LogP contribution in [0.5, 0.6) is 0 Å². The largest absolute Gasteiger partial charge is 0.478 e. The summed E-state index contributed by atoms with van der Waals surface area (Å²) in [4.78, 5) is 14.4. The number of rotatable bonds is 1. The Morgan fingerprint density at radius 2 is 2.42 bits per heavy atom. The van der Waals surface area contributed by atoms with Crippen LogP contribution in [-0.4, -0.2) is 16.1 Å². The van der Waals surface area contributed by atoms with Crippen LogP contribution in [0, 0.1) is 0 Å². The summed E-state index contributed by atoms with van der Waals surface area (Å²) in [6.07, 6.45) is 2.75. The van der Waals surface area contributed by atoms with Crippen molar-refractivity contribution in [2.75, 3.05) is 0 Å². The number of carboxylic acids is 1. The van der Waals surface area contributed by atoms with Crippen LogP contribution < -0.4 is 0 Å². The lowest BCUT2D eigenvalue weighted by Gasteiger charge is -1.86. The van der Waals surface area contributed by atoms with Gasteiger partial charge in [0.25, 0.3) is 0 Å². The smallest absolute Gasteiger partial charge is 0.339 e. The molecule has 4 heteroatoms. The van der Waals surface area contributed by atoms with Crippen molar-refractivity contribution in [1.29, 1.82) is 0 Å². The lowest BCUT2D eigenvalue weighted by atomic mass is 10.2. The predicted molar refractivity (Wildman–Crippen MR) is 41.0 cm³/mol. The molecule has 0 spiro atoms. The van der Waals surface area contributed by atoms with E-state index in [0.717, 1.165) is 0 Å². The zero-order valence-electron chi connectivity index (χ0n) is 6.02. The number of hydrogen-bond donors (Lipinski definition) is 1. The quantitative estimate of drug-likeness (QED) is 0.692. The van der Waals surface area contributed by atoms with Gasteiger partial charge in [0, 0.05) is 6.20 Å². The number of pyridine rings is 1. The highest BCUT2D eigenvalue weighted by atomic mass is 16.4. The Morgan fingerprint density at radius 3 is 3.17 bits per heavy atom. The summed E-state index contributed by atoms with van der Waals surface area (Å²) in [5.41, 5.74) is 0.507. The van der Waals surface area contributed by atoms with Gasteiger partial charge in [-0.15, -0.1) is 0 Å². The molecule has 2 aromatic heterocycles. The molecule has 0 unspecified atom stereocenters. The number of furan rings is 1. The molecule has 0 radical (unpaired) electrons. The van der Waals surface area contributed by atoms with E-state index in [1.165, 1.54) is 6.26 Å². The molecule has 0 fully saturated rings. The Bertz CT molecular complexity index is 433. The number of fused-ring (bicyclic) bond motifs is 1. The van der Waals surface area contributed by atoms with E-state index in [1.54, 1.807) is 18.3 Å². The molecule has 2 heterocycles. The minimum absolute atomic E-state index is 0.151. The Balaban J connectivity index is 2.79. The van der Waals surface area contributed by atoms with Crippen molar-refractivity contribution in [3.63, 3.8) is 0 Å². The van der Waals surface area contributed by atoms with Crippen molar-refractivity contribution in [1.82, 2.24) is 4.98 Å². The van der Waals surface area contributed by atoms with Crippen LogP contribution >= 0.6 is 0 Å². The summed E-state index contributed by atoms with van der Waals surface area (Å²) >= 11 is 0. The van der Waals surface area contributed by atoms with Crippen LogP contribution in [0.2, 0.25) is 0 Å². The molecule has 2 aromatic rings. The maximum atomic E-state index is 10.6. The van der Waals surface area contributed by atoms with E-state index in [2.05, 4.69) is 4.98 Å². The van der Waals surface area contributed by atoms with Gasteiger partial charge in [0.1, 0.15) is 11.8 Å². The molecule has 4 nitrogen and oxygen atoms in total. The van der Waals surface area contributed by atoms with Crippen molar-refractivity contribution in [2.24, 2.45) is 0 Å². The highest BCUT2D eigenvalue weighted by Gasteiger charge is 2.11. The van der Waals surface area contributed by atoms with Gasteiger partial charge in [-0.05, 0) is 12.1 Å². The fourth-order valence-electron chi connectivity index (χ4n) is 1.03. The summed E-state index contributed by atoms with van der Waals surface area (Å²) in [7, 11) is 0. The SMILES string of the molecule is O=C(O)c1coc2ncccc12. The van der Waals surface area contributed by atoms with E-state index in [1.807, 2.05) is 0 Å². The van der Waals surface area contributed by atoms with Gasteiger partial charge < -0.3 is 9.52 Å². The third-order valence-corrected chi connectivity index (χ3v) is 1.58. The van der Waals surface area contributed by atoms with Crippen molar-refractivity contribution < 1.29 is 14.3 Å². The average Bonchev–Trinajstić information content (AvgIpc) is 2.47. The fraction of sp³-hybridized carbons (Fsp3) is 0. The summed E-state index contributed by atoms with van der Waals surface area (Å²) in [5, 5.41) is 9.22. The molecule has 1 N–H and O–H groups in total. The van der Waals surface area contributed by atoms with E-state index in [4.69, 9.17) is 9.52 Å². The minimum Gasteiger partial charge on any atom is -0.478 e. The lowest BCUT2D eigenvalue weighted by molar-refractivity contribution is 0.0698. The van der Waals surface area contributed by atoms with Gasteiger partial charge in [0.2, 0.25) is 5.71 Å². The summed E-state index contributed by atoms with van der Waals surface area (Å²) in [6.45, 7) is 0. The summed E-state index contributed by atoms with van der Waals surface area (Å²) in [5.74, 6) is -0.998. The van der Waals surface area contributed by atoms with E-state index < -0.39 is 5.97 Å². The Labute approximate surface area is 67.4 Å². The molecular weight excluding hydrogens is 158 g/mol. The topological polar surface area (TPSA) is 63.3 Å². The number of aromatic carboxylic acids is 1. The van der Waals surface area contributed by atoms with Gasteiger partial charge in [-0.2, -0.15) is 0 Å². The van der Waals surface area contributed by atoms with Gasteiger partial charge >= 0.3 is 5.97 Å². The number of aromatic nitrogens is 1. The molecule has 0 aliphatic carbocycles. The predicted octanol–water partition coefficient (Wildman–Crippen LogP) is 1.53. The molecule has 0 aliphatic rings. The second kappa shape index (κ2) is 2.34. The van der Waals surface area contributed by atoms with Crippen LogP contribution in [0.1, 0.15) is 10.4 Å². The van der Waals surface area contributed by atoms with Gasteiger partial charge in [-0.1, -0.05) is 0 Å². The first kappa shape index (κ1) is 6.84. The van der Waals surface area contributed by atoms with Gasteiger partial charge in [-0.3, -0.25) is 0 Å². The maximum Gasteiger partial charge on any atom is 0.339 e. The average molecular weight is 163 g/mol. The van der Waals surface area contributed by atoms with E-state index in [9.17, 15) is 4.79 Å². The van der Waals surface area contributed by atoms with Crippen LogP contribution in [0.15, 0.2) is 29.0 Å². The van der Waals surface area contributed by atoms with E-state index >= 15 is 0 Å². The number of nitrogens with zero attached hydrogens (tertiary/aromatic N) is 1. The molecule has 0 atom stereocenters. The Morgan fingerprint density at radius 1 is 1.58 bits per heavy atom. The first-order valence-electron chi connectivity index (χ1n) is 3.34. The molecule has 12 heavy (non-hydrogen) atoms. The molecule has 0 bridgehead atoms. The molecule has 0 amide bonds. The highest BCUT2D eigenvalue weighted by molar-refractivity contribution is 6.01. The highest BCUT2D eigenvalue weighted by Crippen LogP contribution is 2.17. The Hall–Kier alpha value is -1.84. The van der Waals surface area contributed by atoms with Gasteiger partial charge in [0.15, 0.2) is 0 Å². The summed E-state index contributed by atoms with van der Waals surface area (Å²) in [6, 6.07) is 3.33. The molecule has 60 valence electrons. The zero-order valence-corrected chi connectivity index (χ0v) is 6.02. The van der Waals surface area contributed by atoms with E-state index in [-0.39, 0.29) is 5.56 Å². The maximum absolute atomic E-state index is 10.6. The zero-order chi connectivity index (χ0) is 8.55. The first-order chi connectivity index (χ1) is 5.79. The minimum atomic E-state index is -0.998. The van der Waals surface area contributed by atoms with E-state index in [0.29, 0.717) is 11.1 Å². The van der Waals surface area contributed by atoms with Gasteiger partial charge in [-0.25, -0.2) is 9.78 Å². The van der Waals surface area contributed by atoms with Crippen LogP contribution in [0.3, 0.4) is 0 Å². The fourth-order valence-corrected chi connectivity index (χ4v) is 1.03. The van der Waals surface area contributed by atoms with Gasteiger partial charge in [0.05, 0.1) is 5.39 Å². The molecular formula is C8H5NO3. The first-order valence-corrected chi connectivity index (χ1v) is 3.34. The van der Waals surface area contributed by atoms with Crippen molar-refractivity contribution >= 4 is 17.1 Å². The van der Waals surface area contributed by atoms with Crippen molar-refractivity contribution in [3.05, 3.63) is 30.2 Å². The number of carboxylic acid groups (broad SMARTS) is 1. The number of carbonyl (C=O) groups is 1. The molecule has 0 aromatic carbocycles. The summed E-state index contributed by atoms with van der Waals surface area (Å²) < 4.78 is 4.92. The van der Waals surface area contributed by atoms with Crippen molar-refractivity contribution in [2.45, 2.75) is 0 Å². The van der Waals surface area contributed by atoms with Crippen LogP contribution in [0.25, 0.3) is 11.1 Å². The third-order valence-electron chi connectivity index (χ3n) is 1.58. The standard InChI is InChI=1S/C8H5NO3/c10-8(11)6-4-12-7-5(6)2-1-3-9-7/h1-4H,(H,10,11). The molecule has 0 aliphatic heterocycles. The second-order valence-corrected chi connectivity index (χ2v) is 2.31. The molecule has 2 rings (SSSR count). The van der Waals surface area contributed by atoms with Crippen molar-refractivity contribution in [3.8, 4) is 0 Å². The monoisotopic (exact) mass is 163 g/mol. The lowest BCUT2D eigenvalue weighted by Crippen LogP contribution is -1.93. The second-order valence-electron chi connectivity index (χ2n) is 2.31. The molecule has 0 saturated carbocycles. The Kier molecular flexibility index (Phi) is 1.33.